The van der Waals surface area contributed by atoms with Gasteiger partial charge in [0.2, 0.25) is 0 Å². The number of nitrogens with zero attached hydrogens (tertiary/aromatic N) is 1. The number of hydrogen-bond donors (Lipinski definition) is 0. The molecule has 1 fully saturated rings. The van der Waals surface area contributed by atoms with Crippen LogP contribution < -0.4 is 0 Å². The number of amides is 1. The summed E-state index contributed by atoms with van der Waals surface area (Å²) in [6, 6.07) is 20.1. The van der Waals surface area contributed by atoms with Gasteiger partial charge in [0.15, 0.2) is 0 Å². The third-order valence-electron chi connectivity index (χ3n) is 4.01. The van der Waals surface area contributed by atoms with E-state index >= 15 is 0 Å². The van der Waals surface area contributed by atoms with Gasteiger partial charge in [0.05, 0.1) is 0 Å². The van der Waals surface area contributed by atoms with Crippen LogP contribution in [-0.2, 0) is 16.8 Å². The van der Waals surface area contributed by atoms with Crippen LogP contribution in [0.4, 0.5) is 4.79 Å². The molecule has 1 amide bonds. The number of hydrogen-bond acceptors (Lipinski definition) is 2. The van der Waals surface area contributed by atoms with Gasteiger partial charge in [-0.05, 0) is 11.1 Å². The Kier molecular flexibility index (Phi) is 3.65. The van der Waals surface area contributed by atoms with Crippen molar-refractivity contribution in [1.82, 2.24) is 4.90 Å². The SMILES string of the molecule is CC1(c2ccccc2)CN(C(=O)OCc2ccccc2)C1. The highest BCUT2D eigenvalue weighted by atomic mass is 16.6. The van der Waals surface area contributed by atoms with Crippen LogP contribution in [0.15, 0.2) is 60.7 Å². The molecule has 0 bridgehead atoms. The molecule has 1 saturated heterocycles. The number of benzene rings is 2. The molecule has 0 spiro atoms. The maximum atomic E-state index is 12.0. The van der Waals surface area contributed by atoms with Crippen molar-refractivity contribution in [3.05, 3.63) is 71.8 Å². The first kappa shape index (κ1) is 13.7. The number of rotatable bonds is 3. The normalized spacial score (nSPS) is 16.1. The van der Waals surface area contributed by atoms with Crippen molar-refractivity contribution < 1.29 is 9.53 Å². The fourth-order valence-corrected chi connectivity index (χ4v) is 2.76. The van der Waals surface area contributed by atoms with Crippen LogP contribution in [0, 0.1) is 0 Å². The third kappa shape index (κ3) is 2.92. The average Bonchev–Trinajstić information content (AvgIpc) is 2.51. The second-order valence-electron chi connectivity index (χ2n) is 5.82. The zero-order valence-electron chi connectivity index (χ0n) is 12.2. The predicted molar refractivity (Wildman–Crippen MR) is 82.0 cm³/mol. The highest BCUT2D eigenvalue weighted by molar-refractivity contribution is 5.69. The number of ether oxygens (including phenoxy) is 1. The first-order valence-corrected chi connectivity index (χ1v) is 7.19. The minimum atomic E-state index is -0.229. The van der Waals surface area contributed by atoms with Gasteiger partial charge in [0, 0.05) is 18.5 Å². The molecule has 21 heavy (non-hydrogen) atoms. The first-order chi connectivity index (χ1) is 10.2. The van der Waals surface area contributed by atoms with E-state index in [0.717, 1.165) is 5.56 Å². The average molecular weight is 281 g/mol. The summed E-state index contributed by atoms with van der Waals surface area (Å²) >= 11 is 0. The molecule has 0 N–H and O–H groups in total. The summed E-state index contributed by atoms with van der Waals surface area (Å²) < 4.78 is 5.35. The molecule has 108 valence electrons. The van der Waals surface area contributed by atoms with E-state index in [4.69, 9.17) is 4.74 Å². The fourth-order valence-electron chi connectivity index (χ4n) is 2.76. The lowest BCUT2D eigenvalue weighted by molar-refractivity contribution is 0.0395. The number of carbonyl (C=O) groups excluding carboxylic acids is 1. The summed E-state index contributed by atoms with van der Waals surface area (Å²) in [5.74, 6) is 0. The fraction of sp³-hybridized carbons (Fsp3) is 0.278. The summed E-state index contributed by atoms with van der Waals surface area (Å²) in [5.41, 5.74) is 2.34. The molecule has 1 aliphatic heterocycles. The minimum Gasteiger partial charge on any atom is -0.445 e. The quantitative estimate of drug-likeness (QED) is 0.860. The first-order valence-electron chi connectivity index (χ1n) is 7.19. The Labute approximate surface area is 125 Å². The smallest absolute Gasteiger partial charge is 0.410 e. The Bertz CT molecular complexity index is 604. The molecule has 0 aromatic heterocycles. The van der Waals surface area contributed by atoms with E-state index in [1.54, 1.807) is 4.90 Å². The van der Waals surface area contributed by atoms with Gasteiger partial charge in [-0.15, -0.1) is 0 Å². The molecule has 0 aliphatic carbocycles. The van der Waals surface area contributed by atoms with Crippen molar-refractivity contribution in [2.45, 2.75) is 18.9 Å². The Morgan fingerprint density at radius 1 is 1.05 bits per heavy atom. The van der Waals surface area contributed by atoms with E-state index in [2.05, 4.69) is 19.1 Å². The standard InChI is InChI=1S/C18H19NO2/c1-18(16-10-6-3-7-11-16)13-19(14-18)17(20)21-12-15-8-4-2-5-9-15/h2-11H,12-14H2,1H3. The molecular formula is C18H19NO2. The third-order valence-corrected chi connectivity index (χ3v) is 4.01. The molecule has 2 aromatic carbocycles. The molecule has 1 aliphatic rings. The lowest BCUT2D eigenvalue weighted by atomic mass is 9.76. The van der Waals surface area contributed by atoms with Crippen LogP contribution in [-0.4, -0.2) is 24.1 Å². The monoisotopic (exact) mass is 281 g/mol. The van der Waals surface area contributed by atoms with Crippen molar-refractivity contribution in [2.24, 2.45) is 0 Å². The Morgan fingerprint density at radius 3 is 2.24 bits per heavy atom. The molecule has 2 aromatic rings. The zero-order valence-corrected chi connectivity index (χ0v) is 12.2. The summed E-state index contributed by atoms with van der Waals surface area (Å²) in [6.45, 7) is 3.94. The van der Waals surface area contributed by atoms with Crippen LogP contribution >= 0.6 is 0 Å². The largest absolute Gasteiger partial charge is 0.445 e. The highest BCUT2D eigenvalue weighted by Gasteiger charge is 2.43. The van der Waals surface area contributed by atoms with E-state index < -0.39 is 0 Å². The van der Waals surface area contributed by atoms with Crippen LogP contribution in [0.5, 0.6) is 0 Å². The van der Waals surface area contributed by atoms with Gasteiger partial charge in [-0.3, -0.25) is 0 Å². The minimum absolute atomic E-state index is 0.0486. The Morgan fingerprint density at radius 2 is 1.62 bits per heavy atom. The Hall–Kier alpha value is -2.29. The van der Waals surface area contributed by atoms with Crippen LogP contribution in [0.3, 0.4) is 0 Å². The summed E-state index contributed by atoms with van der Waals surface area (Å²) in [5, 5.41) is 0. The Balaban J connectivity index is 1.53. The van der Waals surface area contributed by atoms with Gasteiger partial charge >= 0.3 is 6.09 Å². The molecule has 0 saturated carbocycles. The van der Waals surface area contributed by atoms with Crippen LogP contribution in [0.2, 0.25) is 0 Å². The summed E-state index contributed by atoms with van der Waals surface area (Å²) in [4.78, 5) is 13.8. The molecule has 0 unspecified atom stereocenters. The maximum Gasteiger partial charge on any atom is 0.410 e. The highest BCUT2D eigenvalue weighted by Crippen LogP contribution is 2.34. The van der Waals surface area contributed by atoms with E-state index in [9.17, 15) is 4.79 Å². The van der Waals surface area contributed by atoms with Gasteiger partial charge in [-0.1, -0.05) is 67.6 Å². The topological polar surface area (TPSA) is 29.5 Å². The van der Waals surface area contributed by atoms with E-state index in [0.29, 0.717) is 19.7 Å². The van der Waals surface area contributed by atoms with E-state index in [-0.39, 0.29) is 11.5 Å². The van der Waals surface area contributed by atoms with Gasteiger partial charge in [0.25, 0.3) is 0 Å². The summed E-state index contributed by atoms with van der Waals surface area (Å²) in [6.07, 6.45) is -0.229. The molecule has 0 atom stereocenters. The second-order valence-corrected chi connectivity index (χ2v) is 5.82. The van der Waals surface area contributed by atoms with Crippen molar-refractivity contribution in [2.75, 3.05) is 13.1 Å². The molecule has 0 radical (unpaired) electrons. The lowest BCUT2D eigenvalue weighted by Gasteiger charge is -2.47. The molecule has 1 heterocycles. The summed E-state index contributed by atoms with van der Waals surface area (Å²) in [7, 11) is 0. The van der Waals surface area contributed by atoms with Crippen LogP contribution in [0.1, 0.15) is 18.1 Å². The van der Waals surface area contributed by atoms with Crippen LogP contribution in [0.25, 0.3) is 0 Å². The lowest BCUT2D eigenvalue weighted by Crippen LogP contribution is -2.59. The second kappa shape index (κ2) is 5.60. The van der Waals surface area contributed by atoms with Gasteiger partial charge in [-0.2, -0.15) is 0 Å². The van der Waals surface area contributed by atoms with E-state index in [1.807, 2.05) is 48.5 Å². The zero-order chi connectivity index (χ0) is 14.7. The maximum absolute atomic E-state index is 12.0. The number of carbonyl (C=O) groups is 1. The molecule has 3 rings (SSSR count). The van der Waals surface area contributed by atoms with Gasteiger partial charge < -0.3 is 9.64 Å². The van der Waals surface area contributed by atoms with Gasteiger partial charge in [-0.25, -0.2) is 4.79 Å². The van der Waals surface area contributed by atoms with E-state index in [1.165, 1.54) is 5.56 Å². The molecule has 3 heteroatoms. The number of likely N-dealkylation sites (tertiary alicyclic amines) is 1. The van der Waals surface area contributed by atoms with Crippen molar-refractivity contribution in [3.8, 4) is 0 Å². The predicted octanol–water partition coefficient (Wildman–Crippen LogP) is 3.60. The molecular weight excluding hydrogens is 262 g/mol. The van der Waals surface area contributed by atoms with Gasteiger partial charge in [0.1, 0.15) is 6.61 Å². The van der Waals surface area contributed by atoms with Crippen molar-refractivity contribution in [1.29, 1.82) is 0 Å². The van der Waals surface area contributed by atoms with Crippen molar-refractivity contribution >= 4 is 6.09 Å². The molecule has 3 nitrogen and oxygen atoms in total. The van der Waals surface area contributed by atoms with Crippen molar-refractivity contribution in [3.63, 3.8) is 0 Å².